The van der Waals surface area contributed by atoms with Gasteiger partial charge in [0.15, 0.2) is 5.92 Å². The molecule has 0 aromatic heterocycles. The molecule has 7 heteroatoms. The highest BCUT2D eigenvalue weighted by Gasteiger charge is 2.36. The molecule has 0 saturated carbocycles. The standard InChI is InChI=1S/C14H14F2O4S/c1-3-19-13(17)12(14(18)20-4-2)11-9(15)5-8(7-21)6-10(11)16/h5-7,12H,3-4H2,1-2H3. The van der Waals surface area contributed by atoms with Crippen LogP contribution in [0.25, 0.3) is 0 Å². The number of benzene rings is 1. The summed E-state index contributed by atoms with van der Waals surface area (Å²) in [6.45, 7) is 2.97. The van der Waals surface area contributed by atoms with Gasteiger partial charge in [0.25, 0.3) is 0 Å². The van der Waals surface area contributed by atoms with Gasteiger partial charge in [-0.15, -0.1) is 0 Å². The molecule has 0 heterocycles. The Bertz CT molecular complexity index is 519. The van der Waals surface area contributed by atoms with Crippen molar-refractivity contribution in [3.8, 4) is 0 Å². The zero-order chi connectivity index (χ0) is 16.0. The summed E-state index contributed by atoms with van der Waals surface area (Å²) in [6, 6.07) is 1.88. The Morgan fingerprint density at radius 1 is 1.14 bits per heavy atom. The summed E-state index contributed by atoms with van der Waals surface area (Å²) in [6.07, 6.45) is 0. The summed E-state index contributed by atoms with van der Waals surface area (Å²) in [5, 5.41) is 1.08. The Kier molecular flexibility index (Phi) is 6.36. The molecule has 4 nitrogen and oxygen atoms in total. The van der Waals surface area contributed by atoms with E-state index in [0.29, 0.717) is 0 Å². The van der Waals surface area contributed by atoms with Crippen molar-refractivity contribution in [2.75, 3.05) is 13.2 Å². The highest BCUT2D eigenvalue weighted by molar-refractivity contribution is 7.79. The maximum absolute atomic E-state index is 14.0. The molecule has 0 fully saturated rings. The van der Waals surface area contributed by atoms with Crippen molar-refractivity contribution < 1.29 is 27.8 Å². The van der Waals surface area contributed by atoms with Crippen LogP contribution in [0.3, 0.4) is 0 Å². The number of halogens is 2. The maximum atomic E-state index is 14.0. The first kappa shape index (κ1) is 17.2. The minimum atomic E-state index is -1.80. The van der Waals surface area contributed by atoms with Crippen molar-refractivity contribution in [3.63, 3.8) is 0 Å². The fraction of sp³-hybridized carbons (Fsp3) is 0.357. The highest BCUT2D eigenvalue weighted by Crippen LogP contribution is 2.26. The number of carbonyl (C=O) groups is 2. The fourth-order valence-corrected chi connectivity index (χ4v) is 1.87. The molecule has 114 valence electrons. The van der Waals surface area contributed by atoms with Crippen molar-refractivity contribution in [1.29, 1.82) is 0 Å². The lowest BCUT2D eigenvalue weighted by molar-refractivity contribution is -0.157. The van der Waals surface area contributed by atoms with Crippen LogP contribution in [0.4, 0.5) is 8.78 Å². The van der Waals surface area contributed by atoms with E-state index in [4.69, 9.17) is 9.47 Å². The quantitative estimate of drug-likeness (QED) is 0.458. The maximum Gasteiger partial charge on any atom is 0.325 e. The number of esters is 2. The third kappa shape index (κ3) is 4.04. The first-order valence-electron chi connectivity index (χ1n) is 6.23. The summed E-state index contributed by atoms with van der Waals surface area (Å²) < 4.78 is 37.4. The molecule has 21 heavy (non-hydrogen) atoms. The van der Waals surface area contributed by atoms with Gasteiger partial charge in [0.1, 0.15) is 11.6 Å². The summed E-state index contributed by atoms with van der Waals surface area (Å²) in [5.74, 6) is -6.05. The Labute approximate surface area is 126 Å². The second-order valence-corrected chi connectivity index (χ2v) is 4.19. The molecule has 0 atom stereocenters. The zero-order valence-electron chi connectivity index (χ0n) is 11.5. The molecule has 0 spiro atoms. The first-order chi connectivity index (χ1) is 9.96. The van der Waals surface area contributed by atoms with Crippen LogP contribution in [-0.2, 0) is 19.1 Å². The normalized spacial score (nSPS) is 10.3. The van der Waals surface area contributed by atoms with Gasteiger partial charge in [-0.25, -0.2) is 8.78 Å². The lowest BCUT2D eigenvalue weighted by Gasteiger charge is -2.16. The lowest BCUT2D eigenvalue weighted by Crippen LogP contribution is -2.28. The van der Waals surface area contributed by atoms with Crippen molar-refractivity contribution in [1.82, 2.24) is 0 Å². The molecule has 0 aliphatic carbocycles. The molecule has 0 unspecified atom stereocenters. The van der Waals surface area contributed by atoms with E-state index in [1.807, 2.05) is 0 Å². The second-order valence-electron chi connectivity index (χ2n) is 3.95. The molecule has 0 amide bonds. The molecule has 0 aliphatic heterocycles. The van der Waals surface area contributed by atoms with Gasteiger partial charge >= 0.3 is 11.9 Å². The Hall–Kier alpha value is -1.89. The third-order valence-corrected chi connectivity index (χ3v) is 2.84. The average molecular weight is 316 g/mol. The van der Waals surface area contributed by atoms with Crippen molar-refractivity contribution >= 4 is 29.5 Å². The topological polar surface area (TPSA) is 52.6 Å². The Balaban J connectivity index is 3.35. The van der Waals surface area contributed by atoms with Crippen LogP contribution in [-0.4, -0.2) is 30.5 Å². The van der Waals surface area contributed by atoms with Gasteiger partial charge in [-0.2, -0.15) is 0 Å². The number of ether oxygens (including phenoxy) is 2. The monoisotopic (exact) mass is 316 g/mol. The summed E-state index contributed by atoms with van der Waals surface area (Å²) >= 11 is 4.59. The van der Waals surface area contributed by atoms with Crippen LogP contribution < -0.4 is 0 Å². The fourth-order valence-electron chi connectivity index (χ4n) is 1.73. The molecule has 0 N–H and O–H groups in total. The van der Waals surface area contributed by atoms with Gasteiger partial charge in [-0.05, 0) is 31.5 Å². The number of carbonyl (C=O) groups excluding carboxylic acids is 2. The van der Waals surface area contributed by atoms with Gasteiger partial charge in [-0.3, -0.25) is 9.59 Å². The predicted molar refractivity (Wildman–Crippen MR) is 75.1 cm³/mol. The zero-order valence-corrected chi connectivity index (χ0v) is 12.3. The van der Waals surface area contributed by atoms with Gasteiger partial charge in [-0.1, -0.05) is 12.2 Å². The van der Waals surface area contributed by atoms with E-state index in [-0.39, 0.29) is 18.8 Å². The van der Waals surface area contributed by atoms with Crippen LogP contribution in [0, 0.1) is 11.6 Å². The van der Waals surface area contributed by atoms with E-state index in [1.54, 1.807) is 0 Å². The van der Waals surface area contributed by atoms with Gasteiger partial charge < -0.3 is 9.47 Å². The molecule has 1 rings (SSSR count). The van der Waals surface area contributed by atoms with Crippen LogP contribution in [0.1, 0.15) is 30.9 Å². The lowest BCUT2D eigenvalue weighted by atomic mass is 9.96. The second kappa shape index (κ2) is 7.78. The van der Waals surface area contributed by atoms with Gasteiger partial charge in [0, 0.05) is 10.9 Å². The number of hydrogen-bond donors (Lipinski definition) is 0. The van der Waals surface area contributed by atoms with Crippen molar-refractivity contribution in [3.05, 3.63) is 34.9 Å². The van der Waals surface area contributed by atoms with Gasteiger partial charge in [0.05, 0.1) is 13.2 Å². The highest BCUT2D eigenvalue weighted by atomic mass is 32.1. The van der Waals surface area contributed by atoms with E-state index >= 15 is 0 Å². The Morgan fingerprint density at radius 3 is 1.90 bits per heavy atom. The molecule has 1 aromatic rings. The van der Waals surface area contributed by atoms with Gasteiger partial charge in [0.2, 0.25) is 0 Å². The minimum absolute atomic E-state index is 0.0317. The summed E-state index contributed by atoms with van der Waals surface area (Å²) in [4.78, 5) is 23.7. The summed E-state index contributed by atoms with van der Waals surface area (Å²) in [5.41, 5.74) is -0.581. The number of thiocarbonyl (C=S) groups is 1. The third-order valence-electron chi connectivity index (χ3n) is 2.57. The average Bonchev–Trinajstić information content (AvgIpc) is 2.42. The van der Waals surface area contributed by atoms with E-state index in [0.717, 1.165) is 17.5 Å². The van der Waals surface area contributed by atoms with E-state index in [9.17, 15) is 18.4 Å². The van der Waals surface area contributed by atoms with E-state index in [2.05, 4.69) is 12.2 Å². The van der Waals surface area contributed by atoms with Crippen LogP contribution in [0.5, 0.6) is 0 Å². The first-order valence-corrected chi connectivity index (χ1v) is 6.70. The molecular formula is C14H14F2O4S. The molecule has 0 saturated heterocycles. The van der Waals surface area contributed by atoms with Crippen LogP contribution in [0.15, 0.2) is 12.1 Å². The van der Waals surface area contributed by atoms with E-state index in [1.165, 1.54) is 13.8 Å². The molecule has 0 aliphatic rings. The molecule has 1 aromatic carbocycles. The molecular weight excluding hydrogens is 302 g/mol. The SMILES string of the molecule is CCOC(=O)C(C(=O)OCC)c1c(F)cc(C=S)cc1F. The smallest absolute Gasteiger partial charge is 0.325 e. The predicted octanol–water partition coefficient (Wildman–Crippen LogP) is 2.52. The summed E-state index contributed by atoms with van der Waals surface area (Å²) in [7, 11) is 0. The van der Waals surface area contributed by atoms with Crippen molar-refractivity contribution in [2.24, 2.45) is 0 Å². The molecule has 0 bridgehead atoms. The number of hydrogen-bond acceptors (Lipinski definition) is 5. The molecule has 0 radical (unpaired) electrons. The van der Waals surface area contributed by atoms with E-state index < -0.39 is 35.1 Å². The number of rotatable bonds is 6. The minimum Gasteiger partial charge on any atom is -0.465 e. The van der Waals surface area contributed by atoms with Crippen LogP contribution >= 0.6 is 12.2 Å². The Morgan fingerprint density at radius 2 is 1.57 bits per heavy atom. The van der Waals surface area contributed by atoms with Crippen molar-refractivity contribution in [2.45, 2.75) is 19.8 Å². The largest absolute Gasteiger partial charge is 0.465 e. The van der Waals surface area contributed by atoms with Crippen LogP contribution in [0.2, 0.25) is 0 Å².